The molecule has 1 aromatic heterocycles. The molecule has 1 aromatic rings. The molecule has 1 saturated heterocycles. The van der Waals surface area contributed by atoms with Crippen molar-refractivity contribution in [2.75, 3.05) is 32.8 Å². The predicted octanol–water partition coefficient (Wildman–Crippen LogP) is 2.40. The predicted molar refractivity (Wildman–Crippen MR) is 108 cm³/mol. The van der Waals surface area contributed by atoms with Crippen LogP contribution in [0.2, 0.25) is 0 Å². The van der Waals surface area contributed by atoms with Gasteiger partial charge in [-0.15, -0.1) is 10.2 Å². The second kappa shape index (κ2) is 10.6. The highest BCUT2D eigenvalue weighted by Crippen LogP contribution is 2.16. The van der Waals surface area contributed by atoms with Gasteiger partial charge in [0.2, 0.25) is 0 Å². The van der Waals surface area contributed by atoms with Gasteiger partial charge in [-0.25, -0.2) is 0 Å². The van der Waals surface area contributed by atoms with E-state index in [4.69, 9.17) is 9.73 Å². The van der Waals surface area contributed by atoms with E-state index in [0.29, 0.717) is 6.10 Å². The fourth-order valence-corrected chi connectivity index (χ4v) is 4.05. The van der Waals surface area contributed by atoms with Crippen LogP contribution in [0, 0.1) is 0 Å². The summed E-state index contributed by atoms with van der Waals surface area (Å²) in [5, 5.41) is 12.3. The van der Waals surface area contributed by atoms with E-state index in [1.54, 1.807) is 0 Å². The van der Waals surface area contributed by atoms with Gasteiger partial charge in [-0.3, -0.25) is 4.99 Å². The number of aromatic nitrogens is 3. The Balaban J connectivity index is 1.49. The molecular weight excluding hydrogens is 340 g/mol. The molecule has 0 atom stereocenters. The number of guanidine groups is 1. The quantitative estimate of drug-likeness (QED) is 0.450. The number of piperidine rings is 1. The normalized spacial score (nSPS) is 19.0. The van der Waals surface area contributed by atoms with E-state index in [2.05, 4.69) is 38.8 Å². The summed E-state index contributed by atoms with van der Waals surface area (Å²) in [5.74, 6) is 3.37. The zero-order chi connectivity index (χ0) is 18.9. The largest absolute Gasteiger partial charge is 0.378 e. The van der Waals surface area contributed by atoms with E-state index in [9.17, 15) is 0 Å². The van der Waals surface area contributed by atoms with Crippen molar-refractivity contribution in [2.45, 2.75) is 77.9 Å². The minimum absolute atomic E-state index is 0.414. The smallest absolute Gasteiger partial charge is 0.193 e. The maximum absolute atomic E-state index is 5.76. The van der Waals surface area contributed by atoms with Crippen LogP contribution in [0.3, 0.4) is 0 Å². The van der Waals surface area contributed by atoms with E-state index < -0.39 is 0 Å². The van der Waals surface area contributed by atoms with Crippen molar-refractivity contribution in [3.63, 3.8) is 0 Å². The van der Waals surface area contributed by atoms with Gasteiger partial charge < -0.3 is 19.5 Å². The number of aliphatic imine (C=N–C) groups is 1. The van der Waals surface area contributed by atoms with Gasteiger partial charge in [-0.2, -0.15) is 0 Å². The Morgan fingerprint density at radius 3 is 2.78 bits per heavy atom. The van der Waals surface area contributed by atoms with Crippen molar-refractivity contribution in [1.29, 1.82) is 0 Å². The molecule has 0 saturated carbocycles. The number of ether oxygens (including phenoxy) is 1. The standard InChI is InChI=1S/C20H36N6O/c1-3-21-20(25-15-11-17(12-16-25)27-4-2)22-13-8-10-19-24-23-18-9-6-5-7-14-26(18)19/h17H,3-16H2,1-2H3,(H,21,22). The molecule has 2 aliphatic rings. The van der Waals surface area contributed by atoms with Crippen molar-refractivity contribution in [2.24, 2.45) is 4.99 Å². The first kappa shape index (κ1) is 20.1. The Morgan fingerprint density at radius 1 is 1.15 bits per heavy atom. The van der Waals surface area contributed by atoms with Gasteiger partial charge in [0.1, 0.15) is 11.6 Å². The Bertz CT molecular complexity index is 591. The summed E-state index contributed by atoms with van der Waals surface area (Å²) in [6, 6.07) is 0. The molecule has 1 N–H and O–H groups in total. The number of hydrogen-bond donors (Lipinski definition) is 1. The summed E-state index contributed by atoms with van der Waals surface area (Å²) in [4.78, 5) is 7.25. The molecule has 7 nitrogen and oxygen atoms in total. The SMILES string of the molecule is CCNC(=NCCCc1nnc2n1CCCCC2)N1CCC(OCC)CC1. The lowest BCUT2D eigenvalue weighted by atomic mass is 10.1. The van der Waals surface area contributed by atoms with E-state index in [0.717, 1.165) is 83.2 Å². The molecule has 0 radical (unpaired) electrons. The Hall–Kier alpha value is -1.63. The minimum atomic E-state index is 0.414. The number of rotatable bonds is 7. The lowest BCUT2D eigenvalue weighted by molar-refractivity contribution is 0.0264. The number of hydrogen-bond acceptors (Lipinski definition) is 4. The second-order valence-corrected chi connectivity index (χ2v) is 7.48. The van der Waals surface area contributed by atoms with Crippen LogP contribution in [0.4, 0.5) is 0 Å². The summed E-state index contributed by atoms with van der Waals surface area (Å²) in [6.45, 7) is 9.88. The Kier molecular flexibility index (Phi) is 7.93. The van der Waals surface area contributed by atoms with Crippen molar-refractivity contribution < 1.29 is 4.74 Å². The monoisotopic (exact) mass is 376 g/mol. The highest BCUT2D eigenvalue weighted by molar-refractivity contribution is 5.80. The lowest BCUT2D eigenvalue weighted by Gasteiger charge is -2.34. The molecule has 0 amide bonds. The van der Waals surface area contributed by atoms with Crippen LogP contribution in [0.15, 0.2) is 4.99 Å². The van der Waals surface area contributed by atoms with Crippen molar-refractivity contribution >= 4 is 5.96 Å². The van der Waals surface area contributed by atoms with Crippen LogP contribution >= 0.6 is 0 Å². The van der Waals surface area contributed by atoms with E-state index >= 15 is 0 Å². The first-order chi connectivity index (χ1) is 13.3. The third-order valence-electron chi connectivity index (χ3n) is 5.48. The maximum atomic E-state index is 5.76. The molecule has 3 rings (SSSR count). The van der Waals surface area contributed by atoms with Crippen LogP contribution in [0.5, 0.6) is 0 Å². The Morgan fingerprint density at radius 2 is 2.00 bits per heavy atom. The molecule has 0 spiro atoms. The van der Waals surface area contributed by atoms with E-state index in [-0.39, 0.29) is 0 Å². The summed E-state index contributed by atoms with van der Waals surface area (Å²) in [7, 11) is 0. The van der Waals surface area contributed by atoms with Crippen LogP contribution in [0.25, 0.3) is 0 Å². The molecule has 3 heterocycles. The second-order valence-electron chi connectivity index (χ2n) is 7.48. The average Bonchev–Trinajstić information content (AvgIpc) is 2.91. The fraction of sp³-hybridized carbons (Fsp3) is 0.850. The fourth-order valence-electron chi connectivity index (χ4n) is 4.05. The van der Waals surface area contributed by atoms with Crippen molar-refractivity contribution in [3.05, 3.63) is 11.6 Å². The molecule has 0 aliphatic carbocycles. The Labute approximate surface area is 163 Å². The van der Waals surface area contributed by atoms with Gasteiger partial charge in [0.05, 0.1) is 6.10 Å². The molecule has 2 aliphatic heterocycles. The van der Waals surface area contributed by atoms with Gasteiger partial charge in [0.25, 0.3) is 0 Å². The molecule has 0 aromatic carbocycles. The van der Waals surface area contributed by atoms with Gasteiger partial charge in [-0.05, 0) is 46.0 Å². The van der Waals surface area contributed by atoms with Crippen molar-refractivity contribution in [3.8, 4) is 0 Å². The third-order valence-corrected chi connectivity index (χ3v) is 5.48. The van der Waals surface area contributed by atoms with Gasteiger partial charge in [-0.1, -0.05) is 6.42 Å². The summed E-state index contributed by atoms with van der Waals surface area (Å²) >= 11 is 0. The molecule has 7 heteroatoms. The molecular formula is C20H36N6O. The maximum Gasteiger partial charge on any atom is 0.193 e. The van der Waals surface area contributed by atoms with Crippen LogP contribution in [-0.2, 0) is 24.1 Å². The average molecular weight is 377 g/mol. The summed E-state index contributed by atoms with van der Waals surface area (Å²) < 4.78 is 8.11. The van der Waals surface area contributed by atoms with E-state index in [1.165, 1.54) is 25.1 Å². The molecule has 27 heavy (non-hydrogen) atoms. The number of nitrogens with one attached hydrogen (secondary N) is 1. The number of likely N-dealkylation sites (tertiary alicyclic amines) is 1. The number of fused-ring (bicyclic) bond motifs is 1. The summed E-state index contributed by atoms with van der Waals surface area (Å²) in [6.07, 6.45) is 9.44. The highest BCUT2D eigenvalue weighted by atomic mass is 16.5. The molecule has 0 bridgehead atoms. The van der Waals surface area contributed by atoms with Gasteiger partial charge in [0, 0.05) is 52.2 Å². The number of nitrogens with zero attached hydrogens (tertiary/aromatic N) is 5. The number of aryl methyl sites for hydroxylation is 2. The molecule has 1 fully saturated rings. The zero-order valence-electron chi connectivity index (χ0n) is 17.1. The van der Waals surface area contributed by atoms with Gasteiger partial charge in [0.15, 0.2) is 5.96 Å². The van der Waals surface area contributed by atoms with Crippen molar-refractivity contribution in [1.82, 2.24) is 25.0 Å². The summed E-state index contributed by atoms with van der Waals surface area (Å²) in [5.41, 5.74) is 0. The van der Waals surface area contributed by atoms with Crippen LogP contribution < -0.4 is 5.32 Å². The first-order valence-corrected chi connectivity index (χ1v) is 10.9. The molecule has 0 unspecified atom stereocenters. The minimum Gasteiger partial charge on any atom is -0.378 e. The zero-order valence-corrected chi connectivity index (χ0v) is 17.1. The van der Waals surface area contributed by atoms with Gasteiger partial charge >= 0.3 is 0 Å². The first-order valence-electron chi connectivity index (χ1n) is 10.9. The van der Waals surface area contributed by atoms with Crippen LogP contribution in [-0.4, -0.2) is 64.5 Å². The topological polar surface area (TPSA) is 67.6 Å². The third kappa shape index (κ3) is 5.67. The molecule has 152 valence electrons. The van der Waals surface area contributed by atoms with E-state index in [1.807, 2.05) is 0 Å². The highest BCUT2D eigenvalue weighted by Gasteiger charge is 2.21. The lowest BCUT2D eigenvalue weighted by Crippen LogP contribution is -2.47. The van der Waals surface area contributed by atoms with Crippen LogP contribution in [0.1, 0.15) is 64.0 Å².